The molecular formula is C22H27FN2O2. The lowest BCUT2D eigenvalue weighted by atomic mass is 10.0. The smallest absolute Gasteiger partial charge is 0.263 e. The first-order valence-electron chi connectivity index (χ1n) is 9.50. The number of benzene rings is 2. The second kappa shape index (κ2) is 8.42. The molecule has 0 spiro atoms. The third-order valence-corrected chi connectivity index (χ3v) is 4.98. The van der Waals surface area contributed by atoms with Crippen LogP contribution in [-0.4, -0.2) is 43.1 Å². The van der Waals surface area contributed by atoms with Crippen molar-refractivity contribution < 1.29 is 13.9 Å². The lowest BCUT2D eigenvalue weighted by molar-refractivity contribution is -0.138. The fourth-order valence-electron chi connectivity index (χ4n) is 3.40. The first-order chi connectivity index (χ1) is 13.0. The van der Waals surface area contributed by atoms with Gasteiger partial charge in [-0.15, -0.1) is 0 Å². The van der Waals surface area contributed by atoms with Crippen LogP contribution in [0.1, 0.15) is 32.3 Å². The molecule has 1 heterocycles. The first-order valence-corrected chi connectivity index (χ1v) is 9.50. The van der Waals surface area contributed by atoms with Gasteiger partial charge in [0.1, 0.15) is 11.6 Å². The number of para-hydroxylation sites is 1. The van der Waals surface area contributed by atoms with Gasteiger partial charge in [-0.1, -0.05) is 32.0 Å². The SMILES string of the molecule is CC(C)c1ccccc1O[C@H](C)C(=O)N1CCN(c2ccc(F)cc2)CC1. The first kappa shape index (κ1) is 19.2. The Bertz CT molecular complexity index is 768. The van der Waals surface area contributed by atoms with E-state index in [2.05, 4.69) is 18.7 Å². The summed E-state index contributed by atoms with van der Waals surface area (Å²) in [4.78, 5) is 16.8. The lowest BCUT2D eigenvalue weighted by Crippen LogP contribution is -2.52. The summed E-state index contributed by atoms with van der Waals surface area (Å²) in [5.41, 5.74) is 2.09. The molecule has 5 heteroatoms. The van der Waals surface area contributed by atoms with Crippen LogP contribution in [0.3, 0.4) is 0 Å². The van der Waals surface area contributed by atoms with Crippen molar-refractivity contribution in [2.45, 2.75) is 32.8 Å². The number of carbonyl (C=O) groups excluding carboxylic acids is 1. The quantitative estimate of drug-likeness (QED) is 0.796. The van der Waals surface area contributed by atoms with Gasteiger partial charge >= 0.3 is 0 Å². The maximum Gasteiger partial charge on any atom is 0.263 e. The Morgan fingerprint density at radius 3 is 2.22 bits per heavy atom. The van der Waals surface area contributed by atoms with Crippen LogP contribution in [0.25, 0.3) is 0 Å². The molecule has 1 saturated heterocycles. The van der Waals surface area contributed by atoms with E-state index in [1.165, 1.54) is 12.1 Å². The average molecular weight is 370 g/mol. The largest absolute Gasteiger partial charge is 0.481 e. The second-order valence-corrected chi connectivity index (χ2v) is 7.24. The number of hydrogen-bond acceptors (Lipinski definition) is 3. The van der Waals surface area contributed by atoms with Crippen LogP contribution in [-0.2, 0) is 4.79 Å². The molecule has 0 radical (unpaired) electrons. The number of hydrogen-bond donors (Lipinski definition) is 0. The number of ether oxygens (including phenoxy) is 1. The van der Waals surface area contributed by atoms with Crippen molar-refractivity contribution in [3.8, 4) is 5.75 Å². The molecule has 27 heavy (non-hydrogen) atoms. The predicted octanol–water partition coefficient (Wildman–Crippen LogP) is 4.07. The van der Waals surface area contributed by atoms with Gasteiger partial charge in [0.2, 0.25) is 0 Å². The zero-order chi connectivity index (χ0) is 19.4. The van der Waals surface area contributed by atoms with Crippen LogP contribution in [0.5, 0.6) is 5.75 Å². The highest BCUT2D eigenvalue weighted by Crippen LogP contribution is 2.27. The topological polar surface area (TPSA) is 32.8 Å². The van der Waals surface area contributed by atoms with Crippen LogP contribution in [0.15, 0.2) is 48.5 Å². The van der Waals surface area contributed by atoms with E-state index in [0.29, 0.717) is 19.0 Å². The summed E-state index contributed by atoms with van der Waals surface area (Å²) in [5.74, 6) is 0.883. The summed E-state index contributed by atoms with van der Waals surface area (Å²) < 4.78 is 19.1. The molecule has 2 aromatic carbocycles. The molecule has 0 aliphatic carbocycles. The fraction of sp³-hybridized carbons (Fsp3) is 0.409. The van der Waals surface area contributed by atoms with E-state index >= 15 is 0 Å². The molecule has 0 unspecified atom stereocenters. The van der Waals surface area contributed by atoms with E-state index in [4.69, 9.17) is 4.74 Å². The van der Waals surface area contributed by atoms with Gasteiger partial charge in [0.05, 0.1) is 0 Å². The van der Waals surface area contributed by atoms with Crippen molar-refractivity contribution in [3.05, 3.63) is 59.9 Å². The zero-order valence-electron chi connectivity index (χ0n) is 16.2. The molecular weight excluding hydrogens is 343 g/mol. The number of carbonyl (C=O) groups is 1. The molecule has 0 aromatic heterocycles. The minimum Gasteiger partial charge on any atom is -0.481 e. The van der Waals surface area contributed by atoms with Gasteiger partial charge < -0.3 is 14.5 Å². The predicted molar refractivity (Wildman–Crippen MR) is 106 cm³/mol. The van der Waals surface area contributed by atoms with Crippen LogP contribution < -0.4 is 9.64 Å². The Kier molecular flexibility index (Phi) is 5.99. The minimum atomic E-state index is -0.526. The van der Waals surface area contributed by atoms with Crippen molar-refractivity contribution in [2.75, 3.05) is 31.1 Å². The molecule has 1 amide bonds. The number of amides is 1. The summed E-state index contributed by atoms with van der Waals surface area (Å²) in [6, 6.07) is 14.4. The molecule has 0 saturated carbocycles. The summed E-state index contributed by atoms with van der Waals surface area (Å²) in [6.45, 7) is 8.77. The summed E-state index contributed by atoms with van der Waals surface area (Å²) >= 11 is 0. The summed E-state index contributed by atoms with van der Waals surface area (Å²) in [6.07, 6.45) is -0.526. The lowest BCUT2D eigenvalue weighted by Gasteiger charge is -2.37. The molecule has 144 valence electrons. The number of nitrogens with zero attached hydrogens (tertiary/aromatic N) is 2. The Morgan fingerprint density at radius 1 is 0.963 bits per heavy atom. The molecule has 0 bridgehead atoms. The molecule has 2 aromatic rings. The molecule has 1 fully saturated rings. The molecule has 1 aliphatic heterocycles. The summed E-state index contributed by atoms with van der Waals surface area (Å²) in [5, 5.41) is 0. The number of anilines is 1. The van der Waals surface area contributed by atoms with E-state index in [1.807, 2.05) is 36.1 Å². The number of rotatable bonds is 5. The molecule has 3 rings (SSSR count). The molecule has 1 aliphatic rings. The monoisotopic (exact) mass is 370 g/mol. The van der Waals surface area contributed by atoms with E-state index in [0.717, 1.165) is 30.1 Å². The van der Waals surface area contributed by atoms with Gasteiger partial charge in [-0.2, -0.15) is 0 Å². The van der Waals surface area contributed by atoms with Crippen LogP contribution in [0.2, 0.25) is 0 Å². The van der Waals surface area contributed by atoms with Crippen LogP contribution in [0.4, 0.5) is 10.1 Å². The van der Waals surface area contributed by atoms with E-state index in [9.17, 15) is 9.18 Å². The van der Waals surface area contributed by atoms with Gasteiger partial charge in [-0.05, 0) is 48.7 Å². The van der Waals surface area contributed by atoms with Crippen molar-refractivity contribution in [3.63, 3.8) is 0 Å². The molecule has 4 nitrogen and oxygen atoms in total. The molecule has 0 N–H and O–H groups in total. The van der Waals surface area contributed by atoms with Crippen molar-refractivity contribution in [1.29, 1.82) is 0 Å². The third-order valence-electron chi connectivity index (χ3n) is 4.98. The number of piperazine rings is 1. The maximum atomic E-state index is 13.1. The van der Waals surface area contributed by atoms with Gasteiger partial charge in [-0.25, -0.2) is 4.39 Å². The highest BCUT2D eigenvalue weighted by molar-refractivity contribution is 5.81. The minimum absolute atomic E-state index is 0.00677. The van der Waals surface area contributed by atoms with E-state index < -0.39 is 6.10 Å². The summed E-state index contributed by atoms with van der Waals surface area (Å²) in [7, 11) is 0. The maximum absolute atomic E-state index is 13.1. The van der Waals surface area contributed by atoms with Gasteiger partial charge in [0, 0.05) is 31.9 Å². The van der Waals surface area contributed by atoms with Crippen LogP contribution >= 0.6 is 0 Å². The average Bonchev–Trinajstić information content (AvgIpc) is 2.68. The van der Waals surface area contributed by atoms with E-state index in [-0.39, 0.29) is 11.7 Å². The second-order valence-electron chi connectivity index (χ2n) is 7.24. The third kappa shape index (κ3) is 4.59. The Hall–Kier alpha value is -2.56. The molecule has 1 atom stereocenters. The Balaban J connectivity index is 1.58. The highest BCUT2D eigenvalue weighted by atomic mass is 19.1. The van der Waals surface area contributed by atoms with Crippen molar-refractivity contribution >= 4 is 11.6 Å². The standard InChI is InChI=1S/C22H27FN2O2/c1-16(2)20-6-4-5-7-21(20)27-17(3)22(26)25-14-12-24(13-15-25)19-10-8-18(23)9-11-19/h4-11,16-17H,12-15H2,1-3H3/t17-/m1/s1. The van der Waals surface area contributed by atoms with E-state index in [1.54, 1.807) is 12.1 Å². The van der Waals surface area contributed by atoms with Crippen LogP contribution in [0, 0.1) is 5.82 Å². The van der Waals surface area contributed by atoms with Gasteiger partial charge in [-0.3, -0.25) is 4.79 Å². The Labute approximate surface area is 160 Å². The van der Waals surface area contributed by atoms with Gasteiger partial charge in [0.15, 0.2) is 6.10 Å². The number of halogens is 1. The Morgan fingerprint density at radius 2 is 1.59 bits per heavy atom. The fourth-order valence-corrected chi connectivity index (χ4v) is 3.40. The van der Waals surface area contributed by atoms with Crippen molar-refractivity contribution in [1.82, 2.24) is 4.90 Å². The zero-order valence-corrected chi connectivity index (χ0v) is 16.2. The van der Waals surface area contributed by atoms with Crippen molar-refractivity contribution in [2.24, 2.45) is 0 Å². The van der Waals surface area contributed by atoms with Gasteiger partial charge in [0.25, 0.3) is 5.91 Å². The highest BCUT2D eigenvalue weighted by Gasteiger charge is 2.26. The normalized spacial score (nSPS) is 15.7.